The number of nitrogens with one attached hydrogen (secondary N) is 1. The van der Waals surface area contributed by atoms with Gasteiger partial charge in [-0.15, -0.1) is 0 Å². The van der Waals surface area contributed by atoms with Crippen molar-refractivity contribution < 1.29 is 32.9 Å². The largest absolute Gasteiger partial charge is 0.474 e. The maximum atomic E-state index is 15.0. The fourth-order valence-electron chi connectivity index (χ4n) is 4.98. The van der Waals surface area contributed by atoms with E-state index in [-0.39, 0.29) is 37.0 Å². The first-order valence-corrected chi connectivity index (χ1v) is 13.5. The van der Waals surface area contributed by atoms with Crippen molar-refractivity contribution in [3.8, 4) is 0 Å². The van der Waals surface area contributed by atoms with Crippen LogP contribution in [0.4, 0.5) is 9.18 Å². The number of carbonyl (C=O) groups excluding carboxylic acids is 2. The first-order chi connectivity index (χ1) is 17.6. The van der Waals surface area contributed by atoms with Crippen LogP contribution in [0, 0.1) is 11.8 Å². The molecule has 2 amide bonds. The predicted molar refractivity (Wildman–Crippen MR) is 138 cm³/mol. The van der Waals surface area contributed by atoms with Crippen LogP contribution >= 0.6 is 0 Å². The third-order valence-electron chi connectivity index (χ3n) is 6.99. The first kappa shape index (κ1) is 29.4. The van der Waals surface area contributed by atoms with Gasteiger partial charge in [-0.3, -0.25) is 4.79 Å². The molecule has 2 aliphatic heterocycles. The maximum absolute atomic E-state index is 15.0. The number of likely N-dealkylation sites (tertiary alicyclic amines) is 1. The molecule has 0 bridgehead atoms. The molecule has 0 aromatic heterocycles. The highest BCUT2D eigenvalue weighted by molar-refractivity contribution is 5.80. The number of piperidine rings is 1. The normalized spacial score (nSPS) is 25.4. The fraction of sp³-hybridized carbons (Fsp3) is 0.815. The molecule has 0 spiro atoms. The van der Waals surface area contributed by atoms with Gasteiger partial charge < -0.3 is 29.2 Å². The number of amides is 2. The zero-order valence-corrected chi connectivity index (χ0v) is 23.0. The Hall–Kier alpha value is -2.20. The molecule has 210 valence electrons. The minimum Gasteiger partial charge on any atom is -0.474 e. The van der Waals surface area contributed by atoms with Crippen molar-refractivity contribution in [2.75, 3.05) is 46.6 Å². The molecule has 3 atom stereocenters. The van der Waals surface area contributed by atoms with Crippen molar-refractivity contribution in [3.05, 3.63) is 11.3 Å². The number of allylic oxidation sites excluding steroid dienone is 1. The summed E-state index contributed by atoms with van der Waals surface area (Å²) in [5.74, 6) is -0.361. The number of methoxy groups -OCH3 is 1. The second-order valence-electron chi connectivity index (χ2n) is 11.2. The van der Waals surface area contributed by atoms with Gasteiger partial charge in [0.25, 0.3) is 0 Å². The Morgan fingerprint density at radius 2 is 1.92 bits per heavy atom. The number of rotatable bonds is 9. The van der Waals surface area contributed by atoms with Gasteiger partial charge in [-0.05, 0) is 71.8 Å². The summed E-state index contributed by atoms with van der Waals surface area (Å²) in [6.07, 6.45) is 2.15. The van der Waals surface area contributed by atoms with E-state index in [0.717, 1.165) is 24.1 Å². The van der Waals surface area contributed by atoms with E-state index in [2.05, 4.69) is 5.32 Å². The van der Waals surface area contributed by atoms with Crippen molar-refractivity contribution in [2.24, 2.45) is 16.8 Å². The Morgan fingerprint density at radius 1 is 1.19 bits per heavy atom. The Morgan fingerprint density at radius 3 is 2.57 bits per heavy atom. The van der Waals surface area contributed by atoms with Crippen LogP contribution < -0.4 is 5.32 Å². The highest BCUT2D eigenvalue weighted by Gasteiger charge is 2.37. The summed E-state index contributed by atoms with van der Waals surface area (Å²) in [6.45, 7) is 10.4. The van der Waals surface area contributed by atoms with E-state index in [4.69, 9.17) is 23.9 Å². The van der Waals surface area contributed by atoms with Crippen LogP contribution in [0.5, 0.6) is 0 Å². The zero-order valence-electron chi connectivity index (χ0n) is 23.0. The lowest BCUT2D eigenvalue weighted by Crippen LogP contribution is -2.43. The fourth-order valence-corrected chi connectivity index (χ4v) is 4.98. The minimum absolute atomic E-state index is 0.00787. The molecule has 3 rings (SSSR count). The van der Waals surface area contributed by atoms with Crippen LogP contribution in [-0.2, 0) is 23.7 Å². The van der Waals surface area contributed by atoms with Crippen molar-refractivity contribution in [1.82, 2.24) is 10.2 Å². The second kappa shape index (κ2) is 13.6. The molecule has 37 heavy (non-hydrogen) atoms. The summed E-state index contributed by atoms with van der Waals surface area (Å²) in [4.78, 5) is 31.1. The van der Waals surface area contributed by atoms with Gasteiger partial charge in [0.1, 0.15) is 25.0 Å². The highest BCUT2D eigenvalue weighted by atomic mass is 19.1. The monoisotopic (exact) mass is 525 g/mol. The third kappa shape index (κ3) is 8.95. The number of hydrogen-bond acceptors (Lipinski definition) is 7. The smallest absolute Gasteiger partial charge is 0.410 e. The number of nitrogens with zero attached hydrogens (tertiary/aromatic N) is 2. The van der Waals surface area contributed by atoms with E-state index >= 15 is 4.39 Å². The van der Waals surface area contributed by atoms with Gasteiger partial charge in [-0.2, -0.15) is 0 Å². The number of hydrogen-bond donors (Lipinski definition) is 1. The Labute approximate surface area is 220 Å². The average molecular weight is 526 g/mol. The van der Waals surface area contributed by atoms with Gasteiger partial charge in [-0.1, -0.05) is 0 Å². The molecular formula is C27H44FN3O6. The van der Waals surface area contributed by atoms with Crippen molar-refractivity contribution in [2.45, 2.75) is 84.1 Å². The molecule has 1 N–H and O–H groups in total. The van der Waals surface area contributed by atoms with Crippen molar-refractivity contribution in [3.63, 3.8) is 0 Å². The van der Waals surface area contributed by atoms with Crippen molar-refractivity contribution >= 4 is 17.9 Å². The summed E-state index contributed by atoms with van der Waals surface area (Å²) < 4.78 is 37.3. The van der Waals surface area contributed by atoms with Gasteiger partial charge in [0.15, 0.2) is 0 Å². The number of halogens is 1. The highest BCUT2D eigenvalue weighted by Crippen LogP contribution is 2.38. The topological polar surface area (TPSA) is 98.7 Å². The Balaban J connectivity index is 1.46. The predicted octanol–water partition coefficient (Wildman–Crippen LogP) is 4.01. The van der Waals surface area contributed by atoms with Gasteiger partial charge in [0, 0.05) is 45.0 Å². The summed E-state index contributed by atoms with van der Waals surface area (Å²) in [5.41, 5.74) is 1.35. The SMILES string of the molecule is COCCCNC(=O)C1CCC(C2=C(C)COC(COC3CCN(C(=O)OC(C)(C)C)CC3)=N2)CC1F. The lowest BCUT2D eigenvalue weighted by Gasteiger charge is -2.34. The van der Waals surface area contributed by atoms with E-state index in [0.29, 0.717) is 58.0 Å². The van der Waals surface area contributed by atoms with Gasteiger partial charge in [0.2, 0.25) is 11.8 Å². The quantitative estimate of drug-likeness (QED) is 0.457. The van der Waals surface area contributed by atoms with E-state index in [9.17, 15) is 9.59 Å². The van der Waals surface area contributed by atoms with Gasteiger partial charge in [-0.25, -0.2) is 14.2 Å². The van der Waals surface area contributed by atoms with Crippen LogP contribution in [0.3, 0.4) is 0 Å². The van der Waals surface area contributed by atoms with E-state index in [1.54, 1.807) is 12.0 Å². The minimum atomic E-state index is -1.20. The molecule has 3 aliphatic rings. The standard InChI is InChI=1S/C27H44FN3O6/c1-18-16-36-23(17-35-20-9-12-31(13-10-20)26(33)37-27(2,3)4)30-24(18)19-7-8-21(22(28)15-19)25(32)29-11-6-14-34-5/h19-22H,6-17H2,1-5H3,(H,29,32). The molecule has 0 aromatic carbocycles. The van der Waals surface area contributed by atoms with Gasteiger partial charge >= 0.3 is 6.09 Å². The average Bonchev–Trinajstić information content (AvgIpc) is 2.85. The molecule has 2 fully saturated rings. The first-order valence-electron chi connectivity index (χ1n) is 13.5. The molecule has 3 unspecified atom stereocenters. The van der Waals surface area contributed by atoms with Crippen LogP contribution in [0.2, 0.25) is 0 Å². The van der Waals surface area contributed by atoms with E-state index in [1.165, 1.54) is 0 Å². The van der Waals surface area contributed by atoms with Gasteiger partial charge in [0.05, 0.1) is 12.0 Å². The Bertz CT molecular complexity index is 848. The summed E-state index contributed by atoms with van der Waals surface area (Å²) >= 11 is 0. The van der Waals surface area contributed by atoms with Crippen LogP contribution in [0.25, 0.3) is 0 Å². The number of carbonyl (C=O) groups is 2. The Kier molecular flexibility index (Phi) is 10.8. The molecule has 9 nitrogen and oxygen atoms in total. The lowest BCUT2D eigenvalue weighted by molar-refractivity contribution is -0.128. The van der Waals surface area contributed by atoms with Crippen LogP contribution in [0.1, 0.15) is 66.2 Å². The van der Waals surface area contributed by atoms with E-state index in [1.807, 2.05) is 27.7 Å². The summed E-state index contributed by atoms with van der Waals surface area (Å²) in [7, 11) is 1.62. The summed E-state index contributed by atoms with van der Waals surface area (Å²) in [6, 6.07) is 0. The molecule has 1 saturated heterocycles. The zero-order chi connectivity index (χ0) is 27.0. The van der Waals surface area contributed by atoms with Crippen LogP contribution in [0.15, 0.2) is 16.3 Å². The van der Waals surface area contributed by atoms with E-state index < -0.39 is 17.7 Å². The molecule has 0 aromatic rings. The number of alkyl halides is 1. The third-order valence-corrected chi connectivity index (χ3v) is 6.99. The molecule has 2 heterocycles. The molecule has 10 heteroatoms. The van der Waals surface area contributed by atoms with Crippen LogP contribution in [-0.4, -0.2) is 87.2 Å². The molecule has 1 saturated carbocycles. The number of ether oxygens (including phenoxy) is 4. The molecule has 1 aliphatic carbocycles. The molecule has 0 radical (unpaired) electrons. The summed E-state index contributed by atoms with van der Waals surface area (Å²) in [5, 5.41) is 2.83. The maximum Gasteiger partial charge on any atom is 0.410 e. The number of aliphatic imine (C=N–C) groups is 1. The lowest BCUT2D eigenvalue weighted by atomic mass is 9.78. The molecular weight excluding hydrogens is 481 g/mol. The van der Waals surface area contributed by atoms with Crippen molar-refractivity contribution in [1.29, 1.82) is 0 Å². The second-order valence-corrected chi connectivity index (χ2v) is 11.2.